The van der Waals surface area contributed by atoms with E-state index >= 15 is 0 Å². The number of hydrogen-bond donors (Lipinski definition) is 2. The molecule has 3 aromatic carbocycles. The van der Waals surface area contributed by atoms with Crippen molar-refractivity contribution in [3.8, 4) is 39.7 Å². The summed E-state index contributed by atoms with van der Waals surface area (Å²) in [7, 11) is 0.658. The van der Waals surface area contributed by atoms with Crippen LogP contribution in [0.1, 0.15) is 10.4 Å². The second kappa shape index (κ2) is 10.6. The van der Waals surface area contributed by atoms with E-state index < -0.39 is 21.7 Å². The molecule has 1 amide bonds. The van der Waals surface area contributed by atoms with Crippen molar-refractivity contribution in [3.63, 3.8) is 0 Å². The molecule has 0 aliphatic carbocycles. The first-order chi connectivity index (χ1) is 20.6. The number of nitrogens with zero attached hydrogens (tertiary/aromatic N) is 3. The Morgan fingerprint density at radius 3 is 2.44 bits per heavy atom. The molecule has 6 rings (SSSR count). The number of amides is 1. The molecule has 0 aliphatic rings. The number of ether oxygens (including phenoxy) is 1. The predicted molar refractivity (Wildman–Crippen MR) is 163 cm³/mol. The largest absolute Gasteiger partial charge is 0.479 e. The quantitative estimate of drug-likeness (QED) is 0.244. The summed E-state index contributed by atoms with van der Waals surface area (Å²) in [5.74, 6) is -0.404. The number of aromatic amines is 1. The van der Waals surface area contributed by atoms with E-state index in [4.69, 9.17) is 9.15 Å². The van der Waals surface area contributed by atoms with E-state index in [0.717, 1.165) is 27.2 Å². The van der Waals surface area contributed by atoms with E-state index in [1.807, 2.05) is 30.3 Å². The minimum absolute atomic E-state index is 0.205. The molecule has 2 N–H and O–H groups in total. The molecule has 0 saturated carbocycles. The number of aromatic nitrogens is 3. The fourth-order valence-electron chi connectivity index (χ4n) is 5.01. The first kappa shape index (κ1) is 27.9. The van der Waals surface area contributed by atoms with Crippen LogP contribution in [0.15, 0.2) is 77.2 Å². The highest BCUT2D eigenvalue weighted by molar-refractivity contribution is 7.92. The van der Waals surface area contributed by atoms with E-state index in [9.17, 15) is 17.6 Å². The van der Waals surface area contributed by atoms with Gasteiger partial charge in [0.05, 0.1) is 41.6 Å². The highest BCUT2D eigenvalue weighted by atomic mass is 32.2. The molecule has 10 nitrogen and oxygen atoms in total. The second-order valence-electron chi connectivity index (χ2n) is 9.91. The molecule has 0 aliphatic heterocycles. The van der Waals surface area contributed by atoms with Crippen LogP contribution < -0.4 is 14.4 Å². The maximum atomic E-state index is 13.7. The van der Waals surface area contributed by atoms with Crippen LogP contribution in [-0.2, 0) is 10.0 Å². The topological polar surface area (TPSA) is 130 Å². The third kappa shape index (κ3) is 4.95. The molecule has 12 heteroatoms. The van der Waals surface area contributed by atoms with Gasteiger partial charge in [-0.15, -0.1) is 10.2 Å². The Hall–Kier alpha value is -5.23. The number of methoxy groups -OCH3 is 1. The Kier molecular flexibility index (Phi) is 6.85. The standard InChI is InChI=1S/C31H26FN5O5S/c1-33-30(38)28-22-14-20(25-15-21(31(41-3)36-35-25)24-13-18-7-5-6-8-23(18)34-24)26(37(2)43(4,39)40)16-27(22)42-29(28)17-9-11-19(32)12-10-17/h5-16,34H,1-4H3,(H,33,38). The Morgan fingerprint density at radius 1 is 1.02 bits per heavy atom. The normalized spacial score (nSPS) is 11.7. The average Bonchev–Trinajstić information content (AvgIpc) is 3.61. The number of sulfonamides is 1. The van der Waals surface area contributed by atoms with Crippen LogP contribution in [0, 0.1) is 5.82 Å². The van der Waals surface area contributed by atoms with Gasteiger partial charge in [0.25, 0.3) is 5.91 Å². The van der Waals surface area contributed by atoms with E-state index in [1.165, 1.54) is 45.5 Å². The van der Waals surface area contributed by atoms with Crippen molar-refractivity contribution < 1.29 is 26.8 Å². The van der Waals surface area contributed by atoms with Crippen LogP contribution in [0.4, 0.5) is 10.1 Å². The third-order valence-corrected chi connectivity index (χ3v) is 8.44. The van der Waals surface area contributed by atoms with E-state index in [0.29, 0.717) is 27.8 Å². The summed E-state index contributed by atoms with van der Waals surface area (Å²) in [6.07, 6.45) is 1.08. The van der Waals surface area contributed by atoms with Crippen LogP contribution >= 0.6 is 0 Å². The van der Waals surface area contributed by atoms with Gasteiger partial charge in [-0.05, 0) is 48.5 Å². The Balaban J connectivity index is 1.64. The van der Waals surface area contributed by atoms with Crippen molar-refractivity contribution in [2.45, 2.75) is 0 Å². The number of furan rings is 1. The number of rotatable bonds is 7. The lowest BCUT2D eigenvalue weighted by molar-refractivity contribution is 0.0964. The average molecular weight is 600 g/mol. The molecule has 0 saturated heterocycles. The van der Waals surface area contributed by atoms with Gasteiger partial charge in [-0.1, -0.05) is 18.2 Å². The molecule has 218 valence electrons. The molecule has 0 bridgehead atoms. The number of hydrogen-bond acceptors (Lipinski definition) is 7. The zero-order chi connectivity index (χ0) is 30.5. The lowest BCUT2D eigenvalue weighted by atomic mass is 10.00. The Labute approximate surface area is 246 Å². The zero-order valence-corrected chi connectivity index (χ0v) is 24.4. The molecule has 3 heterocycles. The van der Waals surface area contributed by atoms with Crippen molar-refractivity contribution in [1.29, 1.82) is 0 Å². The van der Waals surface area contributed by atoms with Crippen molar-refractivity contribution >= 4 is 43.5 Å². The van der Waals surface area contributed by atoms with Gasteiger partial charge in [-0.2, -0.15) is 0 Å². The fourth-order valence-corrected chi connectivity index (χ4v) is 5.51. The van der Waals surface area contributed by atoms with Gasteiger partial charge >= 0.3 is 0 Å². The van der Waals surface area contributed by atoms with Gasteiger partial charge in [0.2, 0.25) is 15.9 Å². The van der Waals surface area contributed by atoms with Crippen molar-refractivity contribution in [2.24, 2.45) is 0 Å². The second-order valence-corrected chi connectivity index (χ2v) is 11.9. The number of carbonyl (C=O) groups excluding carboxylic acids is 1. The minimum Gasteiger partial charge on any atom is -0.479 e. The molecule has 0 fully saturated rings. The summed E-state index contributed by atoms with van der Waals surface area (Å²) in [6.45, 7) is 0. The number of H-pyrrole nitrogens is 1. The molecule has 3 aromatic heterocycles. The molecule has 0 spiro atoms. The number of nitrogens with one attached hydrogen (secondary N) is 2. The number of fused-ring (bicyclic) bond motifs is 2. The summed E-state index contributed by atoms with van der Waals surface area (Å²) < 4.78 is 52.0. The molecule has 43 heavy (non-hydrogen) atoms. The van der Waals surface area contributed by atoms with Gasteiger partial charge < -0.3 is 19.5 Å². The molecule has 0 radical (unpaired) electrons. The molecule has 0 atom stereocenters. The van der Waals surface area contributed by atoms with Crippen LogP contribution in [0.5, 0.6) is 5.88 Å². The van der Waals surface area contributed by atoms with Crippen molar-refractivity contribution in [1.82, 2.24) is 20.5 Å². The predicted octanol–water partition coefficient (Wildman–Crippen LogP) is 5.61. The Bertz CT molecular complexity index is 2110. The number of para-hydroxylation sites is 1. The van der Waals surface area contributed by atoms with E-state index in [2.05, 4.69) is 20.5 Å². The lowest BCUT2D eigenvalue weighted by Gasteiger charge is -2.20. The maximum Gasteiger partial charge on any atom is 0.255 e. The highest BCUT2D eigenvalue weighted by Crippen LogP contribution is 2.42. The van der Waals surface area contributed by atoms with Crippen molar-refractivity contribution in [2.75, 3.05) is 31.8 Å². The number of carbonyl (C=O) groups is 1. The SMILES string of the molecule is CNC(=O)c1c(-c2ccc(F)cc2)oc2cc(N(C)S(C)(=O)=O)c(-c3cc(-c4cc5ccccc5[nH]4)c(OC)nn3)cc12. The maximum absolute atomic E-state index is 13.7. The van der Waals surface area contributed by atoms with Gasteiger partial charge in [-0.25, -0.2) is 12.8 Å². The zero-order valence-electron chi connectivity index (χ0n) is 23.6. The van der Waals surface area contributed by atoms with Crippen LogP contribution in [0.2, 0.25) is 0 Å². The smallest absolute Gasteiger partial charge is 0.255 e. The van der Waals surface area contributed by atoms with Crippen LogP contribution in [0.25, 0.3) is 55.7 Å². The summed E-state index contributed by atoms with van der Waals surface area (Å²) in [4.78, 5) is 16.5. The number of anilines is 1. The first-order valence-electron chi connectivity index (χ1n) is 13.1. The van der Waals surface area contributed by atoms with Crippen LogP contribution in [0.3, 0.4) is 0 Å². The summed E-state index contributed by atoms with van der Waals surface area (Å²) in [6, 6.07) is 20.2. The van der Waals surface area contributed by atoms with Crippen LogP contribution in [-0.4, -0.2) is 57.0 Å². The molecule has 0 unspecified atom stereocenters. The minimum atomic E-state index is -3.74. The molecular formula is C31H26FN5O5S. The third-order valence-electron chi connectivity index (χ3n) is 7.25. The molecular weight excluding hydrogens is 573 g/mol. The van der Waals surface area contributed by atoms with Gasteiger partial charge in [-0.3, -0.25) is 9.10 Å². The fraction of sp³-hybridized carbons (Fsp3) is 0.129. The van der Waals surface area contributed by atoms with Crippen molar-refractivity contribution in [3.05, 3.63) is 84.2 Å². The number of halogens is 1. The number of benzene rings is 3. The summed E-state index contributed by atoms with van der Waals surface area (Å²) >= 11 is 0. The Morgan fingerprint density at radius 2 is 1.77 bits per heavy atom. The highest BCUT2D eigenvalue weighted by Gasteiger charge is 2.27. The van der Waals surface area contributed by atoms with E-state index in [-0.39, 0.29) is 28.5 Å². The van der Waals surface area contributed by atoms with Gasteiger partial charge in [0.15, 0.2) is 0 Å². The summed E-state index contributed by atoms with van der Waals surface area (Å²) in [5.41, 5.74) is 4.13. The molecule has 6 aromatic rings. The van der Waals surface area contributed by atoms with Gasteiger partial charge in [0.1, 0.15) is 17.2 Å². The first-order valence-corrected chi connectivity index (χ1v) is 15.0. The van der Waals surface area contributed by atoms with Gasteiger partial charge in [0, 0.05) is 47.6 Å². The lowest BCUT2D eigenvalue weighted by Crippen LogP contribution is -2.25. The van der Waals surface area contributed by atoms with E-state index in [1.54, 1.807) is 18.2 Å². The summed E-state index contributed by atoms with van der Waals surface area (Å²) in [5, 5.41) is 12.7. The monoisotopic (exact) mass is 599 g/mol.